The minimum atomic E-state index is 0.117. The fourth-order valence-corrected chi connectivity index (χ4v) is 4.28. The van der Waals surface area contributed by atoms with Crippen molar-refractivity contribution in [3.05, 3.63) is 28.2 Å². The average molecular weight is 395 g/mol. The van der Waals surface area contributed by atoms with Crippen LogP contribution in [-0.4, -0.2) is 47.0 Å². The Morgan fingerprint density at radius 2 is 1.88 bits per heavy atom. The van der Waals surface area contributed by atoms with E-state index < -0.39 is 0 Å². The molecule has 0 aromatic heterocycles. The minimum Gasteiger partial charge on any atom is -0.508 e. The molecule has 2 aliphatic heterocycles. The second kappa shape index (κ2) is 8.34. The van der Waals surface area contributed by atoms with E-state index >= 15 is 0 Å². The zero-order chi connectivity index (χ0) is 16.9. The van der Waals surface area contributed by atoms with Gasteiger partial charge in [0.25, 0.3) is 0 Å². The smallest absolute Gasteiger partial charge is 0.226 e. The van der Waals surface area contributed by atoms with Crippen molar-refractivity contribution in [2.24, 2.45) is 5.92 Å². The highest BCUT2D eigenvalue weighted by molar-refractivity contribution is 9.10. The van der Waals surface area contributed by atoms with E-state index in [-0.39, 0.29) is 5.92 Å². The molecule has 1 aromatic carbocycles. The Hall–Kier alpha value is -1.07. The number of carbonyl (C=O) groups excluding carboxylic acids is 1. The molecular formula is C19H27BrN2O2. The number of hydrogen-bond donors (Lipinski definition) is 1. The highest BCUT2D eigenvalue weighted by atomic mass is 79.9. The highest BCUT2D eigenvalue weighted by Gasteiger charge is 2.29. The summed E-state index contributed by atoms with van der Waals surface area (Å²) in [6, 6.07) is 5.54. The van der Waals surface area contributed by atoms with E-state index in [0.29, 0.717) is 18.2 Å². The predicted molar refractivity (Wildman–Crippen MR) is 98.9 cm³/mol. The van der Waals surface area contributed by atoms with Gasteiger partial charge in [0.05, 0.1) is 5.92 Å². The number of aromatic hydroxyl groups is 1. The summed E-state index contributed by atoms with van der Waals surface area (Å²) in [4.78, 5) is 17.3. The molecule has 1 atom stereocenters. The molecule has 0 bridgehead atoms. The van der Waals surface area contributed by atoms with Gasteiger partial charge in [0.1, 0.15) is 5.75 Å². The molecule has 1 amide bonds. The number of nitrogens with zero attached hydrogens (tertiary/aromatic N) is 2. The number of carbonyl (C=O) groups is 1. The van der Waals surface area contributed by atoms with Crippen LogP contribution in [0.25, 0.3) is 0 Å². The molecule has 1 aromatic rings. The van der Waals surface area contributed by atoms with Crippen LogP contribution < -0.4 is 0 Å². The lowest BCUT2D eigenvalue weighted by atomic mass is 9.96. The molecule has 132 valence electrons. The van der Waals surface area contributed by atoms with Gasteiger partial charge in [-0.15, -0.1) is 0 Å². The summed E-state index contributed by atoms with van der Waals surface area (Å²) in [6.45, 7) is 4.37. The summed E-state index contributed by atoms with van der Waals surface area (Å²) in [7, 11) is 0. The van der Waals surface area contributed by atoms with Gasteiger partial charge in [-0.3, -0.25) is 9.69 Å². The summed E-state index contributed by atoms with van der Waals surface area (Å²) in [5.74, 6) is 0.797. The fourth-order valence-electron chi connectivity index (χ4n) is 3.87. The van der Waals surface area contributed by atoms with Crippen molar-refractivity contribution in [1.29, 1.82) is 0 Å². The molecule has 2 heterocycles. The van der Waals surface area contributed by atoms with Crippen LogP contribution in [0.2, 0.25) is 0 Å². The zero-order valence-corrected chi connectivity index (χ0v) is 15.8. The van der Waals surface area contributed by atoms with Gasteiger partial charge in [-0.1, -0.05) is 28.8 Å². The summed E-state index contributed by atoms with van der Waals surface area (Å²) < 4.78 is 0.976. The number of halogens is 1. The third kappa shape index (κ3) is 4.51. The molecule has 2 saturated heterocycles. The lowest BCUT2D eigenvalue weighted by Gasteiger charge is -2.35. The molecule has 1 unspecified atom stereocenters. The Labute approximate surface area is 153 Å². The Kier molecular flexibility index (Phi) is 6.17. The number of amides is 1. The quantitative estimate of drug-likeness (QED) is 0.848. The second-order valence-electron chi connectivity index (χ2n) is 7.09. The van der Waals surface area contributed by atoms with Crippen molar-refractivity contribution in [3.63, 3.8) is 0 Å². The van der Waals surface area contributed by atoms with E-state index in [0.717, 1.165) is 61.9 Å². The minimum absolute atomic E-state index is 0.117. The first kappa shape index (κ1) is 17.7. The van der Waals surface area contributed by atoms with Crippen molar-refractivity contribution in [2.75, 3.05) is 26.2 Å². The van der Waals surface area contributed by atoms with E-state index in [1.807, 2.05) is 12.1 Å². The number of phenols is 1. The highest BCUT2D eigenvalue weighted by Crippen LogP contribution is 2.26. The maximum atomic E-state index is 12.9. The van der Waals surface area contributed by atoms with Crippen molar-refractivity contribution in [1.82, 2.24) is 9.80 Å². The lowest BCUT2D eigenvalue weighted by molar-refractivity contribution is -0.137. The Morgan fingerprint density at radius 3 is 2.62 bits per heavy atom. The summed E-state index contributed by atoms with van der Waals surface area (Å²) in [6.07, 6.45) is 6.85. The first-order valence-electron chi connectivity index (χ1n) is 9.12. The molecule has 0 spiro atoms. The number of likely N-dealkylation sites (tertiary alicyclic amines) is 2. The van der Waals surface area contributed by atoms with Crippen LogP contribution in [0, 0.1) is 5.92 Å². The molecule has 4 nitrogen and oxygen atoms in total. The van der Waals surface area contributed by atoms with Gasteiger partial charge < -0.3 is 10.0 Å². The summed E-state index contributed by atoms with van der Waals surface area (Å²) in [5, 5.41) is 10.1. The van der Waals surface area contributed by atoms with E-state index in [2.05, 4.69) is 25.7 Å². The summed E-state index contributed by atoms with van der Waals surface area (Å²) >= 11 is 3.47. The Morgan fingerprint density at radius 1 is 1.12 bits per heavy atom. The fraction of sp³-hybridized carbons (Fsp3) is 0.632. The van der Waals surface area contributed by atoms with Crippen LogP contribution in [0.1, 0.15) is 44.1 Å². The first-order valence-corrected chi connectivity index (χ1v) is 9.91. The normalized spacial score (nSPS) is 23.0. The van der Waals surface area contributed by atoms with Crippen molar-refractivity contribution in [3.8, 4) is 5.75 Å². The van der Waals surface area contributed by atoms with Crippen molar-refractivity contribution in [2.45, 2.75) is 45.1 Å². The van der Waals surface area contributed by atoms with E-state index in [4.69, 9.17) is 0 Å². The molecule has 0 saturated carbocycles. The number of piperidine rings is 1. The molecular weight excluding hydrogens is 368 g/mol. The number of phenolic OH excluding ortho intramolecular Hbond substituents is 1. The van der Waals surface area contributed by atoms with Gasteiger partial charge in [-0.05, 0) is 50.4 Å². The predicted octanol–water partition coefficient (Wildman–Crippen LogP) is 3.77. The Balaban J connectivity index is 1.61. The van der Waals surface area contributed by atoms with Crippen molar-refractivity contribution < 1.29 is 9.90 Å². The molecule has 3 rings (SSSR count). The second-order valence-corrected chi connectivity index (χ2v) is 8.00. The van der Waals surface area contributed by atoms with Crippen LogP contribution >= 0.6 is 15.9 Å². The molecule has 1 N–H and O–H groups in total. The van der Waals surface area contributed by atoms with Gasteiger partial charge in [0.15, 0.2) is 0 Å². The topological polar surface area (TPSA) is 43.8 Å². The van der Waals surface area contributed by atoms with Gasteiger partial charge in [0, 0.05) is 36.2 Å². The van der Waals surface area contributed by atoms with Crippen LogP contribution in [-0.2, 0) is 11.3 Å². The maximum Gasteiger partial charge on any atom is 0.226 e. The van der Waals surface area contributed by atoms with E-state index in [1.165, 1.54) is 12.8 Å². The molecule has 0 radical (unpaired) electrons. The van der Waals surface area contributed by atoms with Gasteiger partial charge in [0.2, 0.25) is 5.91 Å². The third-order valence-corrected chi connectivity index (χ3v) is 5.70. The van der Waals surface area contributed by atoms with Crippen LogP contribution in [0.3, 0.4) is 0 Å². The van der Waals surface area contributed by atoms with Gasteiger partial charge >= 0.3 is 0 Å². The number of benzene rings is 1. The SMILES string of the molecule is O=C(C1CCCN(Cc2cc(Br)ccc2O)C1)N1CCCCCC1. The van der Waals surface area contributed by atoms with Crippen molar-refractivity contribution >= 4 is 21.8 Å². The van der Waals surface area contributed by atoms with E-state index in [1.54, 1.807) is 6.07 Å². The molecule has 0 aliphatic carbocycles. The van der Waals surface area contributed by atoms with E-state index in [9.17, 15) is 9.90 Å². The van der Waals surface area contributed by atoms with Gasteiger partial charge in [-0.25, -0.2) is 0 Å². The van der Waals surface area contributed by atoms with Crippen LogP contribution in [0.5, 0.6) is 5.75 Å². The first-order chi connectivity index (χ1) is 11.6. The third-order valence-electron chi connectivity index (χ3n) is 5.21. The molecule has 2 fully saturated rings. The molecule has 5 heteroatoms. The van der Waals surface area contributed by atoms with Crippen LogP contribution in [0.4, 0.5) is 0 Å². The summed E-state index contributed by atoms with van der Waals surface area (Å²) in [5.41, 5.74) is 0.923. The standard InChI is InChI=1S/C19H27BrN2O2/c20-17-7-8-18(23)16(12-17)14-21-9-5-6-15(13-21)19(24)22-10-3-1-2-4-11-22/h7-8,12,15,23H,1-6,9-11,13-14H2. The number of rotatable bonds is 3. The Bertz CT molecular complexity index is 570. The molecule has 2 aliphatic rings. The number of hydrogen-bond acceptors (Lipinski definition) is 3. The van der Waals surface area contributed by atoms with Gasteiger partial charge in [-0.2, -0.15) is 0 Å². The van der Waals surface area contributed by atoms with Crippen LogP contribution in [0.15, 0.2) is 22.7 Å². The monoisotopic (exact) mass is 394 g/mol. The maximum absolute atomic E-state index is 12.9. The molecule has 24 heavy (non-hydrogen) atoms. The lowest BCUT2D eigenvalue weighted by Crippen LogP contribution is -2.44. The zero-order valence-electron chi connectivity index (χ0n) is 14.2. The average Bonchev–Trinajstić information content (AvgIpc) is 2.87. The largest absolute Gasteiger partial charge is 0.508 e.